The lowest BCUT2D eigenvalue weighted by Gasteiger charge is -2.34. The molecule has 0 unspecified atom stereocenters. The molecule has 0 saturated carbocycles. The van der Waals surface area contributed by atoms with Gasteiger partial charge in [0.1, 0.15) is 0 Å². The van der Waals surface area contributed by atoms with Crippen LogP contribution in [0.25, 0.3) is 5.65 Å². The van der Waals surface area contributed by atoms with Gasteiger partial charge in [0.05, 0.1) is 4.88 Å². The van der Waals surface area contributed by atoms with Crippen molar-refractivity contribution < 1.29 is 4.79 Å². The fourth-order valence-corrected chi connectivity index (χ4v) is 3.40. The van der Waals surface area contributed by atoms with Gasteiger partial charge in [-0.1, -0.05) is 12.1 Å². The largest absolute Gasteiger partial charge is 0.337 e. The molecule has 3 aromatic heterocycles. The lowest BCUT2D eigenvalue weighted by atomic mass is 10.3. The number of carbonyl (C=O) groups excluding carboxylic acids is 1. The molecule has 1 aliphatic heterocycles. The minimum Gasteiger partial charge on any atom is -0.337 e. The highest BCUT2D eigenvalue weighted by Gasteiger charge is 2.24. The van der Waals surface area contributed by atoms with Crippen LogP contribution in [0.1, 0.15) is 9.67 Å². The Morgan fingerprint density at radius 1 is 1.05 bits per heavy atom. The highest BCUT2D eigenvalue weighted by Crippen LogP contribution is 2.18. The number of fused-ring (bicyclic) bond motifs is 1. The van der Waals surface area contributed by atoms with Crippen LogP contribution in [0, 0.1) is 0 Å². The molecule has 0 atom stereocenters. The van der Waals surface area contributed by atoms with E-state index in [4.69, 9.17) is 0 Å². The Hall–Kier alpha value is -2.41. The molecule has 22 heavy (non-hydrogen) atoms. The Morgan fingerprint density at radius 3 is 2.68 bits per heavy atom. The Bertz CT molecular complexity index is 789. The second kappa shape index (κ2) is 5.42. The maximum atomic E-state index is 12.4. The molecule has 6 nitrogen and oxygen atoms in total. The summed E-state index contributed by atoms with van der Waals surface area (Å²) in [6, 6.07) is 9.65. The normalized spacial score (nSPS) is 15.5. The van der Waals surface area contributed by atoms with Crippen LogP contribution in [-0.4, -0.2) is 51.6 Å². The first-order valence-corrected chi connectivity index (χ1v) is 8.08. The van der Waals surface area contributed by atoms with Crippen molar-refractivity contribution in [2.45, 2.75) is 0 Å². The zero-order chi connectivity index (χ0) is 14.9. The molecule has 0 spiro atoms. The first-order chi connectivity index (χ1) is 10.8. The van der Waals surface area contributed by atoms with Gasteiger partial charge in [-0.3, -0.25) is 9.20 Å². The summed E-state index contributed by atoms with van der Waals surface area (Å²) in [4.78, 5) is 17.2. The lowest BCUT2D eigenvalue weighted by molar-refractivity contribution is 0.0751. The SMILES string of the molecule is O=C(c1cccs1)N1CCN(c2nnc3ccccn23)CC1. The van der Waals surface area contributed by atoms with E-state index in [2.05, 4.69) is 15.1 Å². The maximum Gasteiger partial charge on any atom is 0.264 e. The lowest BCUT2D eigenvalue weighted by Crippen LogP contribution is -2.49. The Morgan fingerprint density at radius 2 is 1.91 bits per heavy atom. The summed E-state index contributed by atoms with van der Waals surface area (Å²) in [7, 11) is 0. The fourth-order valence-electron chi connectivity index (χ4n) is 2.71. The van der Waals surface area contributed by atoms with Crippen LogP contribution in [0.3, 0.4) is 0 Å². The van der Waals surface area contributed by atoms with Crippen molar-refractivity contribution in [1.82, 2.24) is 19.5 Å². The van der Waals surface area contributed by atoms with Gasteiger partial charge < -0.3 is 9.80 Å². The molecule has 1 saturated heterocycles. The summed E-state index contributed by atoms with van der Waals surface area (Å²) in [6.45, 7) is 2.95. The number of hydrogen-bond acceptors (Lipinski definition) is 5. The van der Waals surface area contributed by atoms with Crippen LogP contribution >= 0.6 is 11.3 Å². The van der Waals surface area contributed by atoms with Crippen LogP contribution in [0.4, 0.5) is 5.95 Å². The molecule has 112 valence electrons. The Labute approximate surface area is 131 Å². The van der Waals surface area contributed by atoms with Crippen LogP contribution in [0.5, 0.6) is 0 Å². The smallest absolute Gasteiger partial charge is 0.264 e. The topological polar surface area (TPSA) is 53.7 Å². The van der Waals surface area contributed by atoms with Crippen molar-refractivity contribution in [3.63, 3.8) is 0 Å². The number of pyridine rings is 1. The van der Waals surface area contributed by atoms with Gasteiger partial charge in [-0.15, -0.1) is 21.5 Å². The van der Waals surface area contributed by atoms with Gasteiger partial charge >= 0.3 is 0 Å². The van der Waals surface area contributed by atoms with E-state index in [0.717, 1.165) is 29.6 Å². The van der Waals surface area contributed by atoms with E-state index in [1.807, 2.05) is 51.2 Å². The fraction of sp³-hybridized carbons (Fsp3) is 0.267. The van der Waals surface area contributed by atoms with Gasteiger partial charge in [-0.05, 0) is 23.6 Å². The third kappa shape index (κ3) is 2.23. The standard InChI is InChI=1S/C15H15N5OS/c21-14(12-4-3-11-22-12)18-7-9-19(10-8-18)15-17-16-13-5-1-2-6-20(13)15/h1-6,11H,7-10H2. The van der Waals surface area contributed by atoms with Crippen LogP contribution in [0.2, 0.25) is 0 Å². The number of hydrogen-bond donors (Lipinski definition) is 0. The molecule has 4 heterocycles. The molecule has 0 aromatic carbocycles. The van der Waals surface area contributed by atoms with Crippen molar-refractivity contribution in [2.75, 3.05) is 31.1 Å². The molecular weight excluding hydrogens is 298 g/mol. The molecular formula is C15H15N5OS. The van der Waals surface area contributed by atoms with E-state index >= 15 is 0 Å². The highest BCUT2D eigenvalue weighted by molar-refractivity contribution is 7.12. The molecule has 1 amide bonds. The predicted octanol–water partition coefficient (Wildman–Crippen LogP) is 1.75. The minimum atomic E-state index is 0.126. The number of carbonyl (C=O) groups is 1. The second-order valence-corrected chi connectivity index (χ2v) is 6.13. The van der Waals surface area contributed by atoms with Crippen molar-refractivity contribution >= 4 is 28.8 Å². The molecule has 7 heteroatoms. The molecule has 0 bridgehead atoms. The first kappa shape index (κ1) is 13.3. The molecule has 0 aliphatic carbocycles. The summed E-state index contributed by atoms with van der Waals surface area (Å²) in [5.74, 6) is 0.972. The summed E-state index contributed by atoms with van der Waals surface area (Å²) in [5, 5.41) is 10.4. The van der Waals surface area contributed by atoms with Crippen LogP contribution < -0.4 is 4.90 Å². The Balaban J connectivity index is 1.49. The summed E-state index contributed by atoms with van der Waals surface area (Å²) in [6.07, 6.45) is 1.97. The number of rotatable bonds is 2. The van der Waals surface area contributed by atoms with E-state index in [1.54, 1.807) is 0 Å². The summed E-state index contributed by atoms with van der Waals surface area (Å²) in [5.41, 5.74) is 0.842. The van der Waals surface area contributed by atoms with Gasteiger partial charge in [0.25, 0.3) is 5.91 Å². The van der Waals surface area contributed by atoms with Crippen molar-refractivity contribution in [3.8, 4) is 0 Å². The number of amides is 1. The molecule has 0 N–H and O–H groups in total. The van der Waals surface area contributed by atoms with Gasteiger partial charge in [-0.25, -0.2) is 0 Å². The molecule has 1 aliphatic rings. The van der Waals surface area contributed by atoms with Gasteiger partial charge in [-0.2, -0.15) is 0 Å². The number of piperazine rings is 1. The third-order valence-corrected chi connectivity index (χ3v) is 4.74. The molecule has 0 radical (unpaired) electrons. The number of anilines is 1. The maximum absolute atomic E-state index is 12.4. The monoisotopic (exact) mass is 313 g/mol. The molecule has 1 fully saturated rings. The molecule has 4 rings (SSSR count). The quantitative estimate of drug-likeness (QED) is 0.723. The van der Waals surface area contributed by atoms with E-state index in [1.165, 1.54) is 11.3 Å². The van der Waals surface area contributed by atoms with Crippen LogP contribution in [0.15, 0.2) is 41.9 Å². The highest BCUT2D eigenvalue weighted by atomic mass is 32.1. The van der Waals surface area contributed by atoms with Gasteiger partial charge in [0, 0.05) is 32.4 Å². The zero-order valence-corrected chi connectivity index (χ0v) is 12.7. The summed E-state index contributed by atoms with van der Waals surface area (Å²) < 4.78 is 1.98. The minimum absolute atomic E-state index is 0.126. The number of nitrogens with zero attached hydrogens (tertiary/aromatic N) is 5. The van der Waals surface area contributed by atoms with E-state index in [9.17, 15) is 4.79 Å². The second-order valence-electron chi connectivity index (χ2n) is 5.19. The van der Waals surface area contributed by atoms with Crippen LogP contribution in [-0.2, 0) is 0 Å². The predicted molar refractivity (Wildman–Crippen MR) is 85.4 cm³/mol. The van der Waals surface area contributed by atoms with Crippen molar-refractivity contribution in [1.29, 1.82) is 0 Å². The number of aromatic nitrogens is 3. The average molecular weight is 313 g/mol. The van der Waals surface area contributed by atoms with E-state index in [-0.39, 0.29) is 5.91 Å². The van der Waals surface area contributed by atoms with Gasteiger partial charge in [0.15, 0.2) is 5.65 Å². The van der Waals surface area contributed by atoms with Crippen molar-refractivity contribution in [3.05, 3.63) is 46.8 Å². The Kier molecular flexibility index (Phi) is 3.27. The molecule has 3 aromatic rings. The van der Waals surface area contributed by atoms with E-state index in [0.29, 0.717) is 13.1 Å². The summed E-state index contributed by atoms with van der Waals surface area (Å²) >= 11 is 1.49. The third-order valence-electron chi connectivity index (χ3n) is 3.88. The van der Waals surface area contributed by atoms with E-state index < -0.39 is 0 Å². The van der Waals surface area contributed by atoms with Crippen molar-refractivity contribution in [2.24, 2.45) is 0 Å². The average Bonchev–Trinajstić information content (AvgIpc) is 3.24. The first-order valence-electron chi connectivity index (χ1n) is 7.20. The zero-order valence-electron chi connectivity index (χ0n) is 11.9. The van der Waals surface area contributed by atoms with Gasteiger partial charge in [0.2, 0.25) is 5.95 Å². The number of thiophene rings is 1.